The molecule has 2 aromatic rings. The van der Waals surface area contributed by atoms with Gasteiger partial charge in [-0.25, -0.2) is 0 Å². The highest BCUT2D eigenvalue weighted by molar-refractivity contribution is 6.04. The number of carbonyl (C=O) groups excluding carboxylic acids is 1. The van der Waals surface area contributed by atoms with Gasteiger partial charge in [0.05, 0.1) is 5.69 Å². The van der Waals surface area contributed by atoms with Gasteiger partial charge in [0.2, 0.25) is 18.7 Å². The van der Waals surface area contributed by atoms with Crippen molar-refractivity contribution in [2.45, 2.75) is 0 Å². The molecule has 0 radical (unpaired) electrons. The van der Waals surface area contributed by atoms with Crippen molar-refractivity contribution in [1.29, 1.82) is 0 Å². The van der Waals surface area contributed by atoms with Gasteiger partial charge in [-0.15, -0.1) is 0 Å². The molecule has 0 fully saturated rings. The number of carbonyl (C=O) groups is 1. The molecule has 0 spiro atoms. The highest BCUT2D eigenvalue weighted by atomic mass is 19.1. The highest BCUT2D eigenvalue weighted by Crippen LogP contribution is 2.32. The summed E-state index contributed by atoms with van der Waals surface area (Å²) in [5.74, 6) is -1.62. The summed E-state index contributed by atoms with van der Waals surface area (Å²) < 4.78 is 36.3. The number of nitrogens with one attached hydrogen (secondary N) is 1. The zero-order valence-corrected chi connectivity index (χ0v) is 10.0. The van der Waals surface area contributed by atoms with Crippen molar-refractivity contribution in [3.05, 3.63) is 47.8 Å². The Labute approximate surface area is 112 Å². The van der Waals surface area contributed by atoms with Gasteiger partial charge in [-0.3, -0.25) is 4.79 Å². The number of aromatic nitrogens is 1. The smallest absolute Gasteiger partial charge is 0.255 e. The molecule has 5 nitrogen and oxygen atoms in total. The predicted octanol–water partition coefficient (Wildman–Crippen LogP) is 2.34. The van der Waals surface area contributed by atoms with Gasteiger partial charge in [0.15, 0.2) is 11.5 Å². The van der Waals surface area contributed by atoms with Crippen molar-refractivity contribution < 1.29 is 23.0 Å². The molecule has 1 N–H and O–H groups in total. The van der Waals surface area contributed by atoms with Gasteiger partial charge in [0.25, 0.3) is 5.91 Å². The minimum Gasteiger partial charge on any atom is -0.454 e. The van der Waals surface area contributed by atoms with E-state index in [1.165, 1.54) is 12.1 Å². The van der Waals surface area contributed by atoms with Crippen LogP contribution in [0.2, 0.25) is 0 Å². The Hall–Kier alpha value is -2.70. The lowest BCUT2D eigenvalue weighted by molar-refractivity contribution is 0.102. The Bertz CT molecular complexity index is 691. The molecule has 1 aromatic carbocycles. The third-order valence-corrected chi connectivity index (χ3v) is 2.70. The minimum absolute atomic E-state index is 0.0942. The minimum atomic E-state index is -1.08. The molecule has 0 bridgehead atoms. The average molecular weight is 278 g/mol. The van der Waals surface area contributed by atoms with Crippen LogP contribution in [0.5, 0.6) is 11.5 Å². The molecule has 7 heteroatoms. The molecule has 102 valence electrons. The second-order valence-electron chi connectivity index (χ2n) is 3.99. The van der Waals surface area contributed by atoms with Gasteiger partial charge in [0, 0.05) is 5.56 Å². The Morgan fingerprint density at radius 2 is 1.95 bits per heavy atom. The van der Waals surface area contributed by atoms with Crippen LogP contribution >= 0.6 is 0 Å². The summed E-state index contributed by atoms with van der Waals surface area (Å²) in [6.07, 6.45) is 0. The van der Waals surface area contributed by atoms with E-state index in [0.29, 0.717) is 11.5 Å². The lowest BCUT2D eigenvalue weighted by Crippen LogP contribution is -2.13. The predicted molar refractivity (Wildman–Crippen MR) is 64.7 cm³/mol. The summed E-state index contributed by atoms with van der Waals surface area (Å²) in [7, 11) is 0. The molecule has 1 aromatic heterocycles. The Morgan fingerprint density at radius 1 is 1.15 bits per heavy atom. The number of amides is 1. The first-order valence-electron chi connectivity index (χ1n) is 5.66. The van der Waals surface area contributed by atoms with Crippen LogP contribution < -0.4 is 14.8 Å². The van der Waals surface area contributed by atoms with Crippen LogP contribution in [0.25, 0.3) is 0 Å². The Kier molecular flexibility index (Phi) is 2.94. The van der Waals surface area contributed by atoms with E-state index in [2.05, 4.69) is 10.3 Å². The van der Waals surface area contributed by atoms with Crippen LogP contribution in [0.1, 0.15) is 10.4 Å². The van der Waals surface area contributed by atoms with E-state index in [0.717, 1.165) is 12.1 Å². The maximum Gasteiger partial charge on any atom is 0.255 e. The molecule has 1 aliphatic heterocycles. The molecule has 3 rings (SSSR count). The molecule has 0 aliphatic carbocycles. The summed E-state index contributed by atoms with van der Waals surface area (Å²) in [5, 5.41) is 2.31. The fraction of sp³-hybridized carbons (Fsp3) is 0.0769. The number of hydrogen-bond donors (Lipinski definition) is 1. The molecular weight excluding hydrogens is 270 g/mol. The number of hydrogen-bond acceptors (Lipinski definition) is 4. The summed E-state index contributed by atoms with van der Waals surface area (Å²) in [5.41, 5.74) is 0.0621. The van der Waals surface area contributed by atoms with Crippen molar-refractivity contribution in [2.24, 2.45) is 0 Å². The number of rotatable bonds is 2. The summed E-state index contributed by atoms with van der Waals surface area (Å²) in [6, 6.07) is 6.63. The lowest BCUT2D eigenvalue weighted by atomic mass is 10.2. The number of halogens is 2. The zero-order valence-electron chi connectivity index (χ0n) is 10.0. The molecule has 0 atom stereocenters. The number of pyridine rings is 1. The van der Waals surface area contributed by atoms with Gasteiger partial charge in [-0.1, -0.05) is 0 Å². The lowest BCUT2D eigenvalue weighted by Gasteiger charge is -2.06. The highest BCUT2D eigenvalue weighted by Gasteiger charge is 2.17. The van der Waals surface area contributed by atoms with Gasteiger partial charge >= 0.3 is 0 Å². The Morgan fingerprint density at radius 3 is 2.75 bits per heavy atom. The first kappa shape index (κ1) is 12.3. The molecule has 1 aliphatic rings. The van der Waals surface area contributed by atoms with Gasteiger partial charge < -0.3 is 14.8 Å². The SMILES string of the molecule is O=C(Nc1ccc(F)nc1F)c1ccc2c(c1)OCO2. The van der Waals surface area contributed by atoms with Crippen LogP contribution in [-0.4, -0.2) is 17.7 Å². The molecule has 0 unspecified atom stereocenters. The first-order chi connectivity index (χ1) is 9.63. The molecule has 1 amide bonds. The maximum absolute atomic E-state index is 13.3. The van der Waals surface area contributed by atoms with Crippen molar-refractivity contribution in [3.8, 4) is 11.5 Å². The van der Waals surface area contributed by atoms with Crippen molar-refractivity contribution in [2.75, 3.05) is 12.1 Å². The van der Waals surface area contributed by atoms with E-state index in [9.17, 15) is 13.6 Å². The molecule has 20 heavy (non-hydrogen) atoms. The largest absolute Gasteiger partial charge is 0.454 e. The maximum atomic E-state index is 13.3. The monoisotopic (exact) mass is 278 g/mol. The van der Waals surface area contributed by atoms with Crippen LogP contribution in [0.3, 0.4) is 0 Å². The van der Waals surface area contributed by atoms with Crippen molar-refractivity contribution in [3.63, 3.8) is 0 Å². The number of benzene rings is 1. The zero-order chi connectivity index (χ0) is 14.1. The fourth-order valence-corrected chi connectivity index (χ4v) is 1.74. The number of ether oxygens (including phenoxy) is 2. The summed E-state index contributed by atoms with van der Waals surface area (Å²) >= 11 is 0. The third-order valence-electron chi connectivity index (χ3n) is 2.70. The van der Waals surface area contributed by atoms with E-state index < -0.39 is 17.8 Å². The summed E-state index contributed by atoms with van der Waals surface area (Å²) in [4.78, 5) is 14.9. The van der Waals surface area contributed by atoms with E-state index in [1.807, 2.05) is 0 Å². The first-order valence-corrected chi connectivity index (χ1v) is 5.66. The number of nitrogens with zero attached hydrogens (tertiary/aromatic N) is 1. The van der Waals surface area contributed by atoms with E-state index in [4.69, 9.17) is 9.47 Å². The van der Waals surface area contributed by atoms with E-state index >= 15 is 0 Å². The number of anilines is 1. The van der Waals surface area contributed by atoms with Crippen molar-refractivity contribution in [1.82, 2.24) is 4.98 Å². The van der Waals surface area contributed by atoms with Crippen LogP contribution in [0.15, 0.2) is 30.3 Å². The standard InChI is InChI=1S/C13H8F2N2O3/c14-11-4-2-8(12(15)17-11)16-13(18)7-1-3-9-10(5-7)20-6-19-9/h1-5H,6H2,(H,16,18). The fourth-order valence-electron chi connectivity index (χ4n) is 1.74. The van der Waals surface area contributed by atoms with Gasteiger partial charge in [-0.2, -0.15) is 13.8 Å². The van der Waals surface area contributed by atoms with E-state index in [1.54, 1.807) is 6.07 Å². The third kappa shape index (κ3) is 2.25. The van der Waals surface area contributed by atoms with E-state index in [-0.39, 0.29) is 18.0 Å². The van der Waals surface area contributed by atoms with Gasteiger partial charge in [0.1, 0.15) is 0 Å². The molecular formula is C13H8F2N2O3. The van der Waals surface area contributed by atoms with Crippen LogP contribution in [0.4, 0.5) is 14.5 Å². The molecule has 0 saturated carbocycles. The molecule has 0 saturated heterocycles. The van der Waals surface area contributed by atoms with Gasteiger partial charge in [-0.05, 0) is 30.3 Å². The normalized spacial score (nSPS) is 12.3. The molecule has 2 heterocycles. The van der Waals surface area contributed by atoms with Crippen molar-refractivity contribution >= 4 is 11.6 Å². The van der Waals surface area contributed by atoms with Crippen LogP contribution in [0, 0.1) is 11.9 Å². The second-order valence-corrected chi connectivity index (χ2v) is 3.99. The number of fused-ring (bicyclic) bond motifs is 1. The quantitative estimate of drug-likeness (QED) is 0.856. The van der Waals surface area contributed by atoms with Crippen LogP contribution in [-0.2, 0) is 0 Å². The summed E-state index contributed by atoms with van der Waals surface area (Å²) in [6.45, 7) is 0.0942. The second kappa shape index (κ2) is 4.76. The Balaban J connectivity index is 1.82. The average Bonchev–Trinajstić information content (AvgIpc) is 2.89. The topological polar surface area (TPSA) is 60.5 Å².